The van der Waals surface area contributed by atoms with Gasteiger partial charge in [-0.3, -0.25) is 0 Å². The summed E-state index contributed by atoms with van der Waals surface area (Å²) in [5.41, 5.74) is 4.76. The monoisotopic (exact) mass is 758 g/mol. The minimum absolute atomic E-state index is 0.405. The number of nitrogens with one attached hydrogen (secondary N) is 2. The third-order valence-corrected chi connectivity index (χ3v) is 10.2. The van der Waals surface area contributed by atoms with Crippen molar-refractivity contribution >= 4 is 57.5 Å². The summed E-state index contributed by atoms with van der Waals surface area (Å²) in [6.07, 6.45) is 11.9. The van der Waals surface area contributed by atoms with Crippen LogP contribution in [0, 0.1) is 0 Å². The number of fused-ring (bicyclic) bond motifs is 2. The van der Waals surface area contributed by atoms with Gasteiger partial charge < -0.3 is 29.9 Å². The third kappa shape index (κ3) is 7.63. The van der Waals surface area contributed by atoms with Crippen LogP contribution >= 0.6 is 11.6 Å². The SMILES string of the molecule is CC1CCCN1c1cccc(Nc2cc(Cl)nn3ccnc23)n1.COc1ccc(-c2cc(Nc3cccc(N4CCCC4C)n3)c3nccn3n2)cc1OC. The lowest BCUT2D eigenvalue weighted by Gasteiger charge is -2.23. The molecule has 2 fully saturated rings. The van der Waals surface area contributed by atoms with Crippen LogP contribution in [0.3, 0.4) is 0 Å². The van der Waals surface area contributed by atoms with Crippen molar-refractivity contribution in [3.8, 4) is 22.8 Å². The van der Waals surface area contributed by atoms with E-state index < -0.39 is 0 Å². The zero-order valence-electron chi connectivity index (χ0n) is 31.2. The smallest absolute Gasteiger partial charge is 0.177 e. The standard InChI is InChI=1S/C24H26N6O2.C16H17ClN6/c1-16-6-5-12-29(16)23-8-4-7-22(27-23)26-19-15-18(28-30-13-11-25-24(19)30)17-9-10-20(31-2)21(14-17)32-3;1-11-4-3-8-22(11)15-6-2-5-14(20-15)19-12-10-13(17)21-23-9-7-18-16(12)23/h4,7-11,13-16H,5-6,12H2,1-3H3,(H,26,27);2,5-7,9-11H,3-4,8H2,1H3,(H,19,20). The number of hydrogen-bond donors (Lipinski definition) is 2. The van der Waals surface area contributed by atoms with E-state index in [9.17, 15) is 0 Å². The molecular formula is C40H43ClN12O2. The van der Waals surface area contributed by atoms with Crippen LogP contribution in [-0.4, -0.2) is 78.6 Å². The Labute approximate surface area is 324 Å². The first-order chi connectivity index (χ1) is 26.9. The molecule has 0 radical (unpaired) electrons. The summed E-state index contributed by atoms with van der Waals surface area (Å²) in [6.45, 7) is 6.59. The lowest BCUT2D eigenvalue weighted by molar-refractivity contribution is 0.355. The van der Waals surface area contributed by atoms with Crippen molar-refractivity contribution in [3.63, 3.8) is 0 Å². The molecular weight excluding hydrogens is 716 g/mol. The van der Waals surface area contributed by atoms with Gasteiger partial charge in [-0.1, -0.05) is 23.7 Å². The fourth-order valence-electron chi connectivity index (χ4n) is 7.25. The molecule has 14 nitrogen and oxygen atoms in total. The Hall–Kier alpha value is -6.15. The van der Waals surface area contributed by atoms with Crippen molar-refractivity contribution in [2.75, 3.05) is 47.7 Å². The summed E-state index contributed by atoms with van der Waals surface area (Å²) in [5, 5.41) is 16.1. The average Bonchev–Trinajstić information content (AvgIpc) is 4.03. The van der Waals surface area contributed by atoms with E-state index in [0.717, 1.165) is 70.3 Å². The first-order valence-electron chi connectivity index (χ1n) is 18.4. The molecule has 0 saturated carbocycles. The molecule has 0 spiro atoms. The molecule has 0 amide bonds. The Balaban J connectivity index is 0.000000164. The molecule has 1 aromatic carbocycles. The van der Waals surface area contributed by atoms with Crippen molar-refractivity contribution in [2.24, 2.45) is 0 Å². The van der Waals surface area contributed by atoms with Crippen LogP contribution in [0.4, 0.5) is 34.6 Å². The van der Waals surface area contributed by atoms with Crippen molar-refractivity contribution in [1.29, 1.82) is 0 Å². The number of anilines is 6. The molecule has 2 aliphatic heterocycles. The number of halogens is 1. The Morgan fingerprint density at radius 1 is 0.673 bits per heavy atom. The van der Waals surface area contributed by atoms with Crippen LogP contribution in [0.1, 0.15) is 39.5 Å². The lowest BCUT2D eigenvalue weighted by Crippen LogP contribution is -2.27. The number of ether oxygens (including phenoxy) is 2. The summed E-state index contributed by atoms with van der Waals surface area (Å²) in [6, 6.07) is 22.6. The van der Waals surface area contributed by atoms with Gasteiger partial charge in [-0.05, 0) is 88.1 Å². The highest BCUT2D eigenvalue weighted by molar-refractivity contribution is 6.29. The number of hydrogen-bond acceptors (Lipinski definition) is 12. The Morgan fingerprint density at radius 3 is 1.78 bits per heavy atom. The molecule has 0 aliphatic carbocycles. The highest BCUT2D eigenvalue weighted by Gasteiger charge is 2.23. The number of methoxy groups -OCH3 is 2. The maximum Gasteiger partial charge on any atom is 0.177 e. The molecule has 7 aromatic rings. The van der Waals surface area contributed by atoms with E-state index in [-0.39, 0.29) is 0 Å². The van der Waals surface area contributed by atoms with Crippen LogP contribution in [0.2, 0.25) is 5.15 Å². The van der Waals surface area contributed by atoms with Crippen LogP contribution in [0.25, 0.3) is 22.6 Å². The molecule has 2 saturated heterocycles. The zero-order chi connectivity index (χ0) is 37.9. The molecule has 2 atom stereocenters. The summed E-state index contributed by atoms with van der Waals surface area (Å²) in [5.74, 6) is 4.87. The summed E-state index contributed by atoms with van der Waals surface area (Å²) in [4.78, 5) is 23.1. The van der Waals surface area contributed by atoms with Gasteiger partial charge in [-0.2, -0.15) is 10.2 Å². The van der Waals surface area contributed by atoms with Crippen LogP contribution in [0.5, 0.6) is 11.5 Å². The zero-order valence-corrected chi connectivity index (χ0v) is 32.0. The van der Waals surface area contributed by atoms with Gasteiger partial charge >= 0.3 is 0 Å². The van der Waals surface area contributed by atoms with Gasteiger partial charge in [0.05, 0.1) is 31.3 Å². The van der Waals surface area contributed by atoms with E-state index in [4.69, 9.17) is 36.1 Å². The first-order valence-corrected chi connectivity index (χ1v) is 18.8. The first kappa shape index (κ1) is 35.9. The second kappa shape index (κ2) is 15.7. The second-order valence-electron chi connectivity index (χ2n) is 13.7. The lowest BCUT2D eigenvalue weighted by atomic mass is 10.1. The van der Waals surface area contributed by atoms with Gasteiger partial charge in [0, 0.05) is 61.6 Å². The fourth-order valence-corrected chi connectivity index (χ4v) is 7.44. The number of nitrogens with zero attached hydrogens (tertiary/aromatic N) is 10. The molecule has 282 valence electrons. The minimum Gasteiger partial charge on any atom is -0.493 e. The highest BCUT2D eigenvalue weighted by atomic mass is 35.5. The Morgan fingerprint density at radius 2 is 1.24 bits per heavy atom. The van der Waals surface area contributed by atoms with Crippen LogP contribution < -0.4 is 29.9 Å². The van der Waals surface area contributed by atoms with Gasteiger partial charge in [0.1, 0.15) is 23.3 Å². The number of pyridine rings is 2. The van der Waals surface area contributed by atoms with Gasteiger partial charge in [0.25, 0.3) is 0 Å². The molecule has 8 heterocycles. The molecule has 15 heteroatoms. The highest BCUT2D eigenvalue weighted by Crippen LogP contribution is 2.34. The van der Waals surface area contributed by atoms with Crippen LogP contribution in [0.15, 0.2) is 91.5 Å². The average molecular weight is 759 g/mol. The number of aromatic nitrogens is 8. The maximum absolute atomic E-state index is 6.07. The Bertz CT molecular complexity index is 2430. The fraction of sp³-hybridized carbons (Fsp3) is 0.300. The van der Waals surface area contributed by atoms with Gasteiger partial charge in [-0.15, -0.1) is 0 Å². The summed E-state index contributed by atoms with van der Waals surface area (Å²) in [7, 11) is 3.25. The number of rotatable bonds is 9. The quantitative estimate of drug-likeness (QED) is 0.147. The predicted octanol–water partition coefficient (Wildman–Crippen LogP) is 8.05. The largest absolute Gasteiger partial charge is 0.493 e. The second-order valence-corrected chi connectivity index (χ2v) is 14.1. The molecule has 55 heavy (non-hydrogen) atoms. The summed E-state index contributed by atoms with van der Waals surface area (Å²) >= 11 is 6.07. The van der Waals surface area contributed by atoms with Gasteiger partial charge in [0.15, 0.2) is 27.9 Å². The number of imidazole rings is 2. The van der Waals surface area contributed by atoms with E-state index in [1.54, 1.807) is 47.9 Å². The summed E-state index contributed by atoms with van der Waals surface area (Å²) < 4.78 is 14.2. The molecule has 2 aliphatic rings. The third-order valence-electron chi connectivity index (χ3n) is 10.1. The molecule has 9 rings (SSSR count). The van der Waals surface area contributed by atoms with E-state index in [0.29, 0.717) is 28.7 Å². The topological polar surface area (TPSA) is 135 Å². The van der Waals surface area contributed by atoms with Gasteiger partial charge in [0.2, 0.25) is 0 Å². The molecule has 2 unspecified atom stereocenters. The van der Waals surface area contributed by atoms with Crippen molar-refractivity contribution < 1.29 is 9.47 Å². The van der Waals surface area contributed by atoms with Crippen molar-refractivity contribution in [2.45, 2.75) is 51.6 Å². The molecule has 0 bridgehead atoms. The van der Waals surface area contributed by atoms with Crippen LogP contribution in [-0.2, 0) is 0 Å². The van der Waals surface area contributed by atoms with E-state index in [1.165, 1.54) is 25.7 Å². The molecule has 6 aromatic heterocycles. The van der Waals surface area contributed by atoms with Crippen molar-refractivity contribution in [3.05, 3.63) is 96.7 Å². The number of benzene rings is 1. The predicted molar refractivity (Wildman–Crippen MR) is 217 cm³/mol. The Kier molecular flexibility index (Phi) is 10.2. The minimum atomic E-state index is 0.405. The van der Waals surface area contributed by atoms with Gasteiger partial charge in [-0.25, -0.2) is 29.0 Å². The van der Waals surface area contributed by atoms with E-state index in [1.807, 2.05) is 54.7 Å². The van der Waals surface area contributed by atoms with E-state index >= 15 is 0 Å². The molecule has 2 N–H and O–H groups in total. The maximum atomic E-state index is 6.07. The normalized spacial score (nSPS) is 16.7. The van der Waals surface area contributed by atoms with E-state index in [2.05, 4.69) is 61.5 Å². The van der Waals surface area contributed by atoms with Crippen molar-refractivity contribution in [1.82, 2.24) is 39.2 Å².